The third-order valence-electron chi connectivity index (χ3n) is 5.14. The lowest BCUT2D eigenvalue weighted by Crippen LogP contribution is -2.58. The Bertz CT molecular complexity index is 719. The summed E-state index contributed by atoms with van der Waals surface area (Å²) in [6.07, 6.45) is 5.71. The highest BCUT2D eigenvalue weighted by atomic mass is 16.6. The first-order valence-electron chi connectivity index (χ1n) is 14.1. The summed E-state index contributed by atoms with van der Waals surface area (Å²) in [7, 11) is 0. The molecule has 0 aliphatic carbocycles. The number of esters is 2. The van der Waals surface area contributed by atoms with Crippen molar-refractivity contribution in [3.63, 3.8) is 0 Å². The molecule has 11 nitrogen and oxygen atoms in total. The lowest BCUT2D eigenvalue weighted by Gasteiger charge is -2.34. The molecule has 0 aromatic heterocycles. The van der Waals surface area contributed by atoms with Crippen molar-refractivity contribution in [3.8, 4) is 0 Å². The van der Waals surface area contributed by atoms with Crippen LogP contribution in [0.3, 0.4) is 0 Å². The molecule has 11 heteroatoms. The van der Waals surface area contributed by atoms with Gasteiger partial charge in [0, 0.05) is 19.3 Å². The van der Waals surface area contributed by atoms with Crippen LogP contribution in [0.4, 0.5) is 0 Å². The predicted molar refractivity (Wildman–Crippen MR) is 149 cm³/mol. The zero-order valence-corrected chi connectivity index (χ0v) is 25.3. The minimum Gasteiger partial charge on any atom is -0.460 e. The van der Waals surface area contributed by atoms with Gasteiger partial charge in [-0.15, -0.1) is 0 Å². The molecule has 40 heavy (non-hydrogen) atoms. The first kappa shape index (κ1) is 37.6. The van der Waals surface area contributed by atoms with Crippen LogP contribution in [0.2, 0.25) is 0 Å². The number of carbonyl (C=O) groups excluding carboxylic acids is 5. The zero-order chi connectivity index (χ0) is 30.5. The van der Waals surface area contributed by atoms with E-state index in [9.17, 15) is 24.0 Å². The van der Waals surface area contributed by atoms with E-state index in [1.807, 2.05) is 0 Å². The van der Waals surface area contributed by atoms with Gasteiger partial charge in [0.15, 0.2) is 0 Å². The molecular formula is C29H51NO10. The second-order valence-electron chi connectivity index (χ2n) is 11.7. The van der Waals surface area contributed by atoms with Crippen LogP contribution in [-0.4, -0.2) is 86.8 Å². The molecule has 0 aliphatic heterocycles. The Morgan fingerprint density at radius 3 is 1.50 bits per heavy atom. The summed E-state index contributed by atoms with van der Waals surface area (Å²) in [6, 6.07) is 0. The van der Waals surface area contributed by atoms with Gasteiger partial charge in [-0.25, -0.2) is 0 Å². The molecule has 0 heterocycles. The summed E-state index contributed by atoms with van der Waals surface area (Å²) in [5, 5.41) is 2.97. The molecule has 0 rings (SSSR count). The van der Waals surface area contributed by atoms with Crippen LogP contribution < -0.4 is 5.32 Å². The first-order chi connectivity index (χ1) is 18.7. The smallest absolute Gasteiger partial charge is 0.308 e. The molecule has 0 unspecified atom stereocenters. The number of unbranched alkanes of at least 4 members (excludes halogenated alkanes) is 4. The van der Waals surface area contributed by atoms with Gasteiger partial charge in [0.1, 0.15) is 29.3 Å². The monoisotopic (exact) mass is 573 g/mol. The normalized spacial score (nSPS) is 12.1. The van der Waals surface area contributed by atoms with E-state index in [4.69, 9.17) is 23.7 Å². The van der Waals surface area contributed by atoms with E-state index in [0.717, 1.165) is 31.8 Å². The molecule has 0 atom stereocenters. The highest BCUT2D eigenvalue weighted by Gasteiger charge is 2.34. The number of carbonyl (C=O) groups is 5. The van der Waals surface area contributed by atoms with E-state index in [2.05, 4.69) is 5.32 Å². The third-order valence-corrected chi connectivity index (χ3v) is 5.14. The van der Waals surface area contributed by atoms with Crippen LogP contribution in [0.15, 0.2) is 0 Å². The first-order valence-corrected chi connectivity index (χ1v) is 14.1. The molecule has 0 radical (unpaired) electrons. The number of amides is 1. The third kappa shape index (κ3) is 22.4. The second-order valence-corrected chi connectivity index (χ2v) is 11.7. The van der Waals surface area contributed by atoms with Gasteiger partial charge in [-0.05, 0) is 54.4 Å². The van der Waals surface area contributed by atoms with E-state index in [0.29, 0.717) is 12.8 Å². The van der Waals surface area contributed by atoms with Crippen LogP contribution in [0.5, 0.6) is 0 Å². The Labute approximate surface area is 239 Å². The van der Waals surface area contributed by atoms with Gasteiger partial charge < -0.3 is 38.6 Å². The lowest BCUT2D eigenvalue weighted by molar-refractivity contribution is -0.157. The van der Waals surface area contributed by atoms with Gasteiger partial charge in [0.05, 0.1) is 52.5 Å². The summed E-state index contributed by atoms with van der Waals surface area (Å²) in [5.41, 5.74) is -2.35. The fourth-order valence-corrected chi connectivity index (χ4v) is 3.49. The van der Waals surface area contributed by atoms with Crippen molar-refractivity contribution >= 4 is 30.4 Å². The molecular weight excluding hydrogens is 522 g/mol. The molecule has 0 aliphatic rings. The van der Waals surface area contributed by atoms with Crippen molar-refractivity contribution in [1.29, 1.82) is 0 Å². The topological polar surface area (TPSA) is 144 Å². The maximum Gasteiger partial charge on any atom is 0.308 e. The zero-order valence-electron chi connectivity index (χ0n) is 25.3. The van der Waals surface area contributed by atoms with Crippen LogP contribution >= 0.6 is 0 Å². The number of hydrogen-bond acceptors (Lipinski definition) is 10. The molecule has 1 amide bonds. The van der Waals surface area contributed by atoms with Crippen molar-refractivity contribution in [1.82, 2.24) is 5.32 Å². The Balaban J connectivity index is 5.30. The minimum absolute atomic E-state index is 0.00914. The Hall–Kier alpha value is -2.37. The van der Waals surface area contributed by atoms with Crippen molar-refractivity contribution in [2.24, 2.45) is 0 Å². The largest absolute Gasteiger partial charge is 0.460 e. The molecule has 0 aromatic rings. The molecule has 0 saturated heterocycles. The molecule has 0 spiro atoms. The number of hydrogen-bond donors (Lipinski definition) is 1. The fraction of sp³-hybridized carbons (Fsp3) is 0.828. The minimum atomic E-state index is -1.13. The van der Waals surface area contributed by atoms with Crippen LogP contribution in [0.1, 0.15) is 99.3 Å². The van der Waals surface area contributed by atoms with E-state index < -0.39 is 28.7 Å². The second kappa shape index (κ2) is 20.5. The van der Waals surface area contributed by atoms with Crippen molar-refractivity contribution < 1.29 is 47.7 Å². The van der Waals surface area contributed by atoms with Crippen molar-refractivity contribution in [3.05, 3.63) is 0 Å². The fourth-order valence-electron chi connectivity index (χ4n) is 3.49. The molecule has 0 aromatic carbocycles. The summed E-state index contributed by atoms with van der Waals surface area (Å²) >= 11 is 0. The molecule has 1 N–H and O–H groups in total. The van der Waals surface area contributed by atoms with Gasteiger partial charge in [0.25, 0.3) is 0 Å². The summed E-state index contributed by atoms with van der Waals surface area (Å²) in [5.74, 6) is -1.05. The summed E-state index contributed by atoms with van der Waals surface area (Å²) < 4.78 is 27.9. The Morgan fingerprint density at radius 2 is 1.05 bits per heavy atom. The Morgan fingerprint density at radius 1 is 0.600 bits per heavy atom. The van der Waals surface area contributed by atoms with E-state index in [1.165, 1.54) is 0 Å². The predicted octanol–water partition coefficient (Wildman–Crippen LogP) is 3.48. The van der Waals surface area contributed by atoms with Crippen LogP contribution in [0.25, 0.3) is 0 Å². The average Bonchev–Trinajstić information content (AvgIpc) is 2.82. The number of rotatable bonds is 23. The molecule has 0 fully saturated rings. The van der Waals surface area contributed by atoms with E-state index in [-0.39, 0.29) is 71.2 Å². The standard InChI is InChI=1S/C29H51NO10/c1-27(2,3)39-25(34)14-19-37-22-29(21-36-18-12-17-32,23-38-20-15-26(35)40-28(4,5)6)30-24(33)13-10-8-7-9-11-16-31/h16-17H,7-15,18-23H2,1-6H3,(H,30,33). The number of nitrogens with one attached hydrogen (secondary N) is 1. The number of aldehydes is 2. The summed E-state index contributed by atoms with van der Waals surface area (Å²) in [4.78, 5) is 58.3. The van der Waals surface area contributed by atoms with Crippen molar-refractivity contribution in [2.75, 3.05) is 39.6 Å². The molecule has 0 bridgehead atoms. The quantitative estimate of drug-likeness (QED) is 0.110. The van der Waals surface area contributed by atoms with Gasteiger partial charge in [-0.1, -0.05) is 12.8 Å². The number of ether oxygens (including phenoxy) is 5. The van der Waals surface area contributed by atoms with E-state index >= 15 is 0 Å². The Kier molecular flexibility index (Phi) is 19.3. The van der Waals surface area contributed by atoms with Crippen LogP contribution in [0, 0.1) is 0 Å². The van der Waals surface area contributed by atoms with E-state index in [1.54, 1.807) is 41.5 Å². The SMILES string of the molecule is CC(C)(C)OC(=O)CCOCC(COCCC=O)(COCCC(=O)OC(C)(C)C)NC(=O)CCCCCCC=O. The highest BCUT2D eigenvalue weighted by molar-refractivity contribution is 5.76. The lowest BCUT2D eigenvalue weighted by atomic mass is 10.0. The molecule has 232 valence electrons. The van der Waals surface area contributed by atoms with Gasteiger partial charge >= 0.3 is 11.9 Å². The average molecular weight is 574 g/mol. The maximum atomic E-state index is 12.9. The summed E-state index contributed by atoms with van der Waals surface area (Å²) in [6.45, 7) is 10.8. The van der Waals surface area contributed by atoms with Gasteiger partial charge in [-0.2, -0.15) is 0 Å². The maximum absolute atomic E-state index is 12.9. The van der Waals surface area contributed by atoms with Gasteiger partial charge in [0.2, 0.25) is 5.91 Å². The van der Waals surface area contributed by atoms with Crippen LogP contribution in [-0.2, 0) is 47.7 Å². The van der Waals surface area contributed by atoms with Gasteiger partial charge in [-0.3, -0.25) is 14.4 Å². The van der Waals surface area contributed by atoms with Crippen molar-refractivity contribution in [2.45, 2.75) is 116 Å². The molecule has 0 saturated carbocycles. The highest BCUT2D eigenvalue weighted by Crippen LogP contribution is 2.14.